The molecule has 1 aliphatic rings. The van der Waals surface area contributed by atoms with Crippen LogP contribution in [-0.2, 0) is 14.8 Å². The molecule has 3 N–H and O–H groups in total. The Bertz CT molecular complexity index is 568. The first-order valence-electron chi connectivity index (χ1n) is 6.47. The molecule has 0 saturated carbocycles. The number of nitrogen functional groups attached to an aromatic ring is 1. The van der Waals surface area contributed by atoms with E-state index in [0.717, 1.165) is 6.42 Å². The summed E-state index contributed by atoms with van der Waals surface area (Å²) in [6.07, 6.45) is 0.863. The van der Waals surface area contributed by atoms with Crippen molar-refractivity contribution in [1.82, 2.24) is 4.72 Å². The number of anilines is 1. The fourth-order valence-corrected chi connectivity index (χ4v) is 3.68. The lowest BCUT2D eigenvalue weighted by atomic mass is 10.0. The van der Waals surface area contributed by atoms with Gasteiger partial charge in [0.1, 0.15) is 10.6 Å². The largest absolute Gasteiger partial charge is 0.497 e. The van der Waals surface area contributed by atoms with Gasteiger partial charge in [0.05, 0.1) is 19.4 Å². The minimum Gasteiger partial charge on any atom is -0.497 e. The molecule has 1 aromatic rings. The molecule has 2 unspecified atom stereocenters. The Morgan fingerprint density at radius 2 is 2.25 bits per heavy atom. The Labute approximate surface area is 119 Å². The Kier molecular flexibility index (Phi) is 4.52. The van der Waals surface area contributed by atoms with Gasteiger partial charge >= 0.3 is 0 Å². The van der Waals surface area contributed by atoms with Crippen LogP contribution < -0.4 is 15.2 Å². The van der Waals surface area contributed by atoms with Crippen LogP contribution in [0.4, 0.5) is 5.69 Å². The summed E-state index contributed by atoms with van der Waals surface area (Å²) in [4.78, 5) is 0.0732. The fraction of sp³-hybridized carbons (Fsp3) is 0.538. The molecule has 1 heterocycles. The van der Waals surface area contributed by atoms with E-state index in [1.54, 1.807) is 6.07 Å². The van der Waals surface area contributed by atoms with Crippen molar-refractivity contribution >= 4 is 15.7 Å². The van der Waals surface area contributed by atoms with Crippen molar-refractivity contribution in [2.45, 2.75) is 24.3 Å². The molecule has 20 heavy (non-hydrogen) atoms. The van der Waals surface area contributed by atoms with Crippen LogP contribution >= 0.6 is 0 Å². The molecule has 1 aromatic carbocycles. The summed E-state index contributed by atoms with van der Waals surface area (Å²) in [5.74, 6) is 0.725. The van der Waals surface area contributed by atoms with Gasteiger partial charge in [-0.2, -0.15) is 0 Å². The number of hydrogen-bond acceptors (Lipinski definition) is 5. The molecule has 1 saturated heterocycles. The number of rotatable bonds is 5. The number of sulfonamides is 1. The Balaban J connectivity index is 2.17. The predicted octanol–water partition coefficient (Wildman–Crippen LogP) is 0.981. The second-order valence-corrected chi connectivity index (χ2v) is 6.62. The normalized spacial score (nSPS) is 20.8. The Morgan fingerprint density at radius 1 is 1.50 bits per heavy atom. The molecule has 0 amide bonds. The van der Waals surface area contributed by atoms with Crippen molar-refractivity contribution in [3.05, 3.63) is 18.2 Å². The molecule has 1 fully saturated rings. The van der Waals surface area contributed by atoms with Crippen molar-refractivity contribution in [2.24, 2.45) is 5.92 Å². The molecule has 7 heteroatoms. The first-order valence-corrected chi connectivity index (χ1v) is 7.96. The monoisotopic (exact) mass is 300 g/mol. The van der Waals surface area contributed by atoms with Crippen molar-refractivity contribution in [2.75, 3.05) is 26.1 Å². The maximum absolute atomic E-state index is 12.3. The number of benzene rings is 1. The summed E-state index contributed by atoms with van der Waals surface area (Å²) >= 11 is 0. The quantitative estimate of drug-likeness (QED) is 0.791. The van der Waals surface area contributed by atoms with Crippen molar-refractivity contribution < 1.29 is 17.9 Å². The van der Waals surface area contributed by atoms with Crippen LogP contribution in [0.3, 0.4) is 0 Å². The standard InChI is InChI=1S/C13H20N2O4S/c1-9(10-5-6-19-8-10)15-20(16,17)13-4-3-11(18-2)7-12(13)14/h3-4,7,9-10,15H,5-6,8,14H2,1-2H3. The SMILES string of the molecule is COc1ccc(S(=O)(=O)NC(C)C2CCOC2)c(N)c1. The molecular weight excluding hydrogens is 280 g/mol. The first-order chi connectivity index (χ1) is 9.44. The van der Waals surface area contributed by atoms with Crippen LogP contribution in [0, 0.1) is 5.92 Å². The number of ether oxygens (including phenoxy) is 2. The second kappa shape index (κ2) is 5.99. The topological polar surface area (TPSA) is 90.7 Å². The number of hydrogen-bond donors (Lipinski definition) is 2. The summed E-state index contributed by atoms with van der Waals surface area (Å²) in [5, 5.41) is 0. The van der Waals surface area contributed by atoms with Crippen LogP contribution in [0.1, 0.15) is 13.3 Å². The van der Waals surface area contributed by atoms with Gasteiger partial charge in [0.2, 0.25) is 10.0 Å². The summed E-state index contributed by atoms with van der Waals surface area (Å²) in [6, 6.07) is 4.34. The zero-order chi connectivity index (χ0) is 14.8. The minimum atomic E-state index is -3.64. The molecule has 112 valence electrons. The molecule has 2 rings (SSSR count). The second-order valence-electron chi connectivity index (χ2n) is 4.94. The lowest BCUT2D eigenvalue weighted by molar-refractivity contribution is 0.180. The molecule has 0 aromatic heterocycles. The van der Waals surface area contributed by atoms with Gasteiger partial charge in [-0.15, -0.1) is 0 Å². The molecule has 0 spiro atoms. The van der Waals surface area contributed by atoms with E-state index in [-0.39, 0.29) is 22.5 Å². The van der Waals surface area contributed by atoms with Crippen LogP contribution in [0.2, 0.25) is 0 Å². The van der Waals surface area contributed by atoms with E-state index >= 15 is 0 Å². The van der Waals surface area contributed by atoms with E-state index in [1.165, 1.54) is 19.2 Å². The Hall–Kier alpha value is -1.31. The Morgan fingerprint density at radius 3 is 2.80 bits per heavy atom. The van der Waals surface area contributed by atoms with Gasteiger partial charge in [0.25, 0.3) is 0 Å². The van der Waals surface area contributed by atoms with E-state index in [2.05, 4.69) is 4.72 Å². The van der Waals surface area contributed by atoms with Gasteiger partial charge in [-0.25, -0.2) is 13.1 Å². The highest BCUT2D eigenvalue weighted by molar-refractivity contribution is 7.89. The zero-order valence-electron chi connectivity index (χ0n) is 11.6. The number of nitrogens with one attached hydrogen (secondary N) is 1. The van der Waals surface area contributed by atoms with Crippen LogP contribution in [0.5, 0.6) is 5.75 Å². The molecular formula is C13H20N2O4S. The maximum atomic E-state index is 12.3. The molecule has 6 nitrogen and oxygen atoms in total. The molecule has 0 aliphatic carbocycles. The van der Waals surface area contributed by atoms with E-state index in [0.29, 0.717) is 19.0 Å². The van der Waals surface area contributed by atoms with Gasteiger partial charge in [-0.1, -0.05) is 0 Å². The summed E-state index contributed by atoms with van der Waals surface area (Å²) in [6.45, 7) is 3.11. The highest BCUT2D eigenvalue weighted by atomic mass is 32.2. The van der Waals surface area contributed by atoms with Crippen LogP contribution in [0.25, 0.3) is 0 Å². The van der Waals surface area contributed by atoms with E-state index in [9.17, 15) is 8.42 Å². The maximum Gasteiger partial charge on any atom is 0.242 e. The van der Waals surface area contributed by atoms with Gasteiger partial charge in [-0.3, -0.25) is 0 Å². The summed E-state index contributed by atoms with van der Waals surface area (Å²) in [5.41, 5.74) is 5.96. The minimum absolute atomic E-state index is 0.0732. The van der Waals surface area contributed by atoms with Crippen molar-refractivity contribution in [3.8, 4) is 5.75 Å². The average Bonchev–Trinajstić information content (AvgIpc) is 2.91. The average molecular weight is 300 g/mol. The van der Waals surface area contributed by atoms with Crippen LogP contribution in [0.15, 0.2) is 23.1 Å². The van der Waals surface area contributed by atoms with Crippen molar-refractivity contribution in [1.29, 1.82) is 0 Å². The van der Waals surface area contributed by atoms with E-state index < -0.39 is 10.0 Å². The molecule has 1 aliphatic heterocycles. The van der Waals surface area contributed by atoms with Crippen LogP contribution in [-0.4, -0.2) is 34.8 Å². The van der Waals surface area contributed by atoms with E-state index in [1.807, 2.05) is 6.92 Å². The fourth-order valence-electron chi connectivity index (χ4n) is 2.25. The van der Waals surface area contributed by atoms with Gasteiger partial charge in [0, 0.05) is 24.6 Å². The zero-order valence-corrected chi connectivity index (χ0v) is 12.4. The highest BCUT2D eigenvalue weighted by Crippen LogP contribution is 2.25. The lowest BCUT2D eigenvalue weighted by Gasteiger charge is -2.20. The van der Waals surface area contributed by atoms with Crippen molar-refractivity contribution in [3.63, 3.8) is 0 Å². The lowest BCUT2D eigenvalue weighted by Crippen LogP contribution is -2.38. The third-order valence-electron chi connectivity index (χ3n) is 3.52. The number of methoxy groups -OCH3 is 1. The molecule has 2 atom stereocenters. The third-order valence-corrected chi connectivity index (χ3v) is 5.15. The number of nitrogens with two attached hydrogens (primary N) is 1. The third kappa shape index (κ3) is 3.23. The predicted molar refractivity (Wildman–Crippen MR) is 76.1 cm³/mol. The highest BCUT2D eigenvalue weighted by Gasteiger charge is 2.27. The van der Waals surface area contributed by atoms with Gasteiger partial charge in [-0.05, 0) is 25.5 Å². The first kappa shape index (κ1) is 15.1. The van der Waals surface area contributed by atoms with E-state index in [4.69, 9.17) is 15.2 Å². The van der Waals surface area contributed by atoms with Gasteiger partial charge in [0.15, 0.2) is 0 Å². The molecule has 0 bridgehead atoms. The smallest absolute Gasteiger partial charge is 0.242 e. The molecule has 0 radical (unpaired) electrons. The summed E-state index contributed by atoms with van der Waals surface area (Å²) < 4.78 is 37.6. The van der Waals surface area contributed by atoms with Gasteiger partial charge < -0.3 is 15.2 Å². The summed E-state index contributed by atoms with van der Waals surface area (Å²) in [7, 11) is -2.14.